The number of benzene rings is 1. The van der Waals surface area contributed by atoms with Gasteiger partial charge in [-0.05, 0) is 19.1 Å². The summed E-state index contributed by atoms with van der Waals surface area (Å²) in [5.74, 6) is -0.475. The zero-order valence-electron chi connectivity index (χ0n) is 8.43. The van der Waals surface area contributed by atoms with Gasteiger partial charge < -0.3 is 15.6 Å². The van der Waals surface area contributed by atoms with Crippen LogP contribution < -0.4 is 5.73 Å². The van der Waals surface area contributed by atoms with Crippen LogP contribution in [-0.2, 0) is 9.53 Å². The van der Waals surface area contributed by atoms with Crippen molar-refractivity contribution in [3.05, 3.63) is 29.8 Å². The van der Waals surface area contributed by atoms with E-state index in [0.29, 0.717) is 12.2 Å². The van der Waals surface area contributed by atoms with Crippen molar-refractivity contribution in [3.8, 4) is 5.75 Å². The molecule has 0 saturated carbocycles. The minimum absolute atomic E-state index is 0.0296. The molecule has 0 spiro atoms. The summed E-state index contributed by atoms with van der Waals surface area (Å²) in [4.78, 5) is 11.0. The second-order valence-corrected chi connectivity index (χ2v) is 2.87. The van der Waals surface area contributed by atoms with Crippen LogP contribution in [0.15, 0.2) is 24.3 Å². The molecule has 15 heavy (non-hydrogen) atoms. The van der Waals surface area contributed by atoms with E-state index >= 15 is 0 Å². The number of anilines is 1. The predicted octanol–water partition coefficient (Wildman–Crippen LogP) is 1.55. The predicted molar refractivity (Wildman–Crippen MR) is 58.2 cm³/mol. The van der Waals surface area contributed by atoms with E-state index in [1.165, 1.54) is 12.2 Å². The molecular weight excluding hydrogens is 194 g/mol. The molecule has 0 amide bonds. The van der Waals surface area contributed by atoms with Crippen LogP contribution >= 0.6 is 0 Å². The molecule has 0 atom stereocenters. The topological polar surface area (TPSA) is 72.5 Å². The Labute approximate surface area is 88.0 Å². The molecule has 1 aromatic carbocycles. The summed E-state index contributed by atoms with van der Waals surface area (Å²) in [7, 11) is 0. The molecule has 0 bridgehead atoms. The molecule has 0 unspecified atom stereocenters. The van der Waals surface area contributed by atoms with E-state index in [-0.39, 0.29) is 11.4 Å². The van der Waals surface area contributed by atoms with Gasteiger partial charge in [-0.25, -0.2) is 4.79 Å². The molecule has 0 fully saturated rings. The Balaban J connectivity index is 2.81. The number of ether oxygens (including phenoxy) is 1. The summed E-state index contributed by atoms with van der Waals surface area (Å²) in [5.41, 5.74) is 6.25. The Hall–Kier alpha value is -1.97. The third-order valence-corrected chi connectivity index (χ3v) is 1.78. The van der Waals surface area contributed by atoms with E-state index in [9.17, 15) is 9.90 Å². The first kappa shape index (κ1) is 11.1. The fourth-order valence-corrected chi connectivity index (χ4v) is 1.06. The van der Waals surface area contributed by atoms with E-state index in [1.54, 1.807) is 25.1 Å². The van der Waals surface area contributed by atoms with Gasteiger partial charge in [0.05, 0.1) is 12.3 Å². The lowest BCUT2D eigenvalue weighted by molar-refractivity contribution is -0.137. The fourth-order valence-electron chi connectivity index (χ4n) is 1.06. The summed E-state index contributed by atoms with van der Waals surface area (Å²) in [6.07, 6.45) is 2.71. The van der Waals surface area contributed by atoms with Gasteiger partial charge in [-0.3, -0.25) is 0 Å². The highest BCUT2D eigenvalue weighted by molar-refractivity contribution is 5.88. The highest BCUT2D eigenvalue weighted by Crippen LogP contribution is 2.25. The molecule has 1 aromatic rings. The Kier molecular flexibility index (Phi) is 3.74. The number of aromatic hydroxyl groups is 1. The molecular formula is C11H13NO3. The van der Waals surface area contributed by atoms with Crippen molar-refractivity contribution in [1.29, 1.82) is 0 Å². The van der Waals surface area contributed by atoms with Crippen LogP contribution in [0.3, 0.4) is 0 Å². The number of carbonyl (C=O) groups excluding carboxylic acids is 1. The van der Waals surface area contributed by atoms with Crippen molar-refractivity contribution in [1.82, 2.24) is 0 Å². The van der Waals surface area contributed by atoms with Gasteiger partial charge in [-0.15, -0.1) is 0 Å². The lowest BCUT2D eigenvalue weighted by Crippen LogP contribution is -1.98. The van der Waals surface area contributed by atoms with Gasteiger partial charge in [0.25, 0.3) is 0 Å². The lowest BCUT2D eigenvalue weighted by atomic mass is 10.1. The maximum atomic E-state index is 11.0. The molecule has 0 aromatic heterocycles. The number of phenolic OH excluding ortho intramolecular Hbond substituents is 1. The average molecular weight is 207 g/mol. The Morgan fingerprint density at radius 1 is 1.60 bits per heavy atom. The molecule has 0 aliphatic carbocycles. The molecule has 4 heteroatoms. The van der Waals surface area contributed by atoms with Gasteiger partial charge in [0.15, 0.2) is 0 Å². The fraction of sp³-hybridized carbons (Fsp3) is 0.182. The maximum absolute atomic E-state index is 11.0. The van der Waals surface area contributed by atoms with Crippen molar-refractivity contribution in [2.24, 2.45) is 0 Å². The molecule has 0 radical (unpaired) electrons. The van der Waals surface area contributed by atoms with Crippen LogP contribution in [0, 0.1) is 0 Å². The molecule has 80 valence electrons. The van der Waals surface area contributed by atoms with Crippen molar-refractivity contribution in [2.75, 3.05) is 12.3 Å². The first-order valence-corrected chi connectivity index (χ1v) is 4.57. The number of carbonyl (C=O) groups is 1. The number of nitrogens with two attached hydrogens (primary N) is 1. The average Bonchev–Trinajstić information content (AvgIpc) is 2.21. The van der Waals surface area contributed by atoms with Crippen LogP contribution in [0.2, 0.25) is 0 Å². The van der Waals surface area contributed by atoms with E-state index in [0.717, 1.165) is 0 Å². The summed E-state index contributed by atoms with van der Waals surface area (Å²) in [5, 5.41) is 9.51. The molecule has 0 heterocycles. The Bertz CT molecular complexity index is 385. The highest BCUT2D eigenvalue weighted by atomic mass is 16.5. The number of para-hydroxylation sites is 1. The first-order valence-electron chi connectivity index (χ1n) is 4.57. The third kappa shape index (κ3) is 3.02. The van der Waals surface area contributed by atoms with Gasteiger partial charge in [-0.1, -0.05) is 12.1 Å². The molecule has 0 aliphatic heterocycles. The van der Waals surface area contributed by atoms with E-state index < -0.39 is 5.97 Å². The van der Waals surface area contributed by atoms with E-state index in [4.69, 9.17) is 10.5 Å². The lowest BCUT2D eigenvalue weighted by Gasteiger charge is -2.01. The van der Waals surface area contributed by atoms with Crippen LogP contribution in [0.1, 0.15) is 12.5 Å². The number of esters is 1. The second-order valence-electron chi connectivity index (χ2n) is 2.87. The second kappa shape index (κ2) is 5.05. The van der Waals surface area contributed by atoms with Crippen molar-refractivity contribution in [3.63, 3.8) is 0 Å². The maximum Gasteiger partial charge on any atom is 0.330 e. The number of nitrogen functional groups attached to an aromatic ring is 1. The smallest absolute Gasteiger partial charge is 0.330 e. The number of hydrogen-bond acceptors (Lipinski definition) is 4. The number of phenols is 1. The summed E-state index contributed by atoms with van der Waals surface area (Å²) in [6.45, 7) is 2.05. The van der Waals surface area contributed by atoms with E-state index in [2.05, 4.69) is 0 Å². The minimum Gasteiger partial charge on any atom is -0.505 e. The molecule has 3 N–H and O–H groups in total. The molecule has 0 saturated heterocycles. The zero-order valence-corrected chi connectivity index (χ0v) is 8.43. The van der Waals surface area contributed by atoms with E-state index in [1.807, 2.05) is 0 Å². The van der Waals surface area contributed by atoms with Crippen molar-refractivity contribution < 1.29 is 14.6 Å². The first-order chi connectivity index (χ1) is 7.15. The zero-order chi connectivity index (χ0) is 11.3. The largest absolute Gasteiger partial charge is 0.505 e. The Morgan fingerprint density at radius 3 is 3.00 bits per heavy atom. The van der Waals surface area contributed by atoms with Gasteiger partial charge in [-0.2, -0.15) is 0 Å². The van der Waals surface area contributed by atoms with Crippen molar-refractivity contribution >= 4 is 17.7 Å². The number of rotatable bonds is 3. The summed E-state index contributed by atoms with van der Waals surface area (Å²) < 4.78 is 4.70. The number of hydrogen-bond donors (Lipinski definition) is 2. The minimum atomic E-state index is -0.445. The monoisotopic (exact) mass is 207 g/mol. The summed E-state index contributed by atoms with van der Waals surface area (Å²) >= 11 is 0. The van der Waals surface area contributed by atoms with Crippen LogP contribution in [0.5, 0.6) is 5.75 Å². The van der Waals surface area contributed by atoms with Gasteiger partial charge in [0.2, 0.25) is 0 Å². The highest BCUT2D eigenvalue weighted by Gasteiger charge is 2.01. The normalized spacial score (nSPS) is 10.5. The summed E-state index contributed by atoms with van der Waals surface area (Å²) in [6, 6.07) is 4.93. The standard InChI is InChI=1S/C11H13NO3/c1-2-15-10(13)7-6-8-4-3-5-9(12)11(8)14/h3-7,14H,2,12H2,1H3/b7-6+. The molecule has 0 aliphatic rings. The third-order valence-electron chi connectivity index (χ3n) is 1.78. The SMILES string of the molecule is CCOC(=O)/C=C/c1cccc(N)c1O. The Morgan fingerprint density at radius 2 is 2.33 bits per heavy atom. The van der Waals surface area contributed by atoms with Crippen LogP contribution in [0.4, 0.5) is 5.69 Å². The van der Waals surface area contributed by atoms with Gasteiger partial charge in [0.1, 0.15) is 5.75 Å². The van der Waals surface area contributed by atoms with Crippen LogP contribution in [-0.4, -0.2) is 17.7 Å². The molecule has 4 nitrogen and oxygen atoms in total. The van der Waals surface area contributed by atoms with Gasteiger partial charge in [0, 0.05) is 11.6 Å². The molecule has 1 rings (SSSR count). The van der Waals surface area contributed by atoms with Gasteiger partial charge >= 0.3 is 5.97 Å². The van der Waals surface area contributed by atoms with Crippen LogP contribution in [0.25, 0.3) is 6.08 Å². The quantitative estimate of drug-likeness (QED) is 0.341. The van der Waals surface area contributed by atoms with Crippen molar-refractivity contribution in [2.45, 2.75) is 6.92 Å².